The van der Waals surface area contributed by atoms with Gasteiger partial charge >= 0.3 is 0 Å². The van der Waals surface area contributed by atoms with E-state index in [1.54, 1.807) is 36.1 Å². The number of hydrogen-bond acceptors (Lipinski definition) is 4. The number of nitrogens with zero attached hydrogens (tertiary/aromatic N) is 2. The monoisotopic (exact) mass is 332 g/mol. The molecular formula is C17H20N2O3S. The predicted octanol–water partition coefficient (Wildman–Crippen LogP) is 2.00. The van der Waals surface area contributed by atoms with Gasteiger partial charge in [-0.3, -0.25) is 4.79 Å². The van der Waals surface area contributed by atoms with E-state index in [4.69, 9.17) is 5.26 Å². The van der Waals surface area contributed by atoms with Crippen LogP contribution in [0.25, 0.3) is 6.08 Å². The minimum atomic E-state index is -3.14. The Labute approximate surface area is 137 Å². The number of carbonyl (C=O) groups is 1. The van der Waals surface area contributed by atoms with Crippen molar-refractivity contribution in [1.29, 1.82) is 5.26 Å². The molecule has 0 aromatic heterocycles. The number of amides is 1. The summed E-state index contributed by atoms with van der Waals surface area (Å²) in [5, 5.41) is 8.88. The maximum Gasteiger partial charge on any atom is 0.247 e. The molecule has 2 rings (SSSR count). The van der Waals surface area contributed by atoms with Crippen LogP contribution in [0.1, 0.15) is 30.9 Å². The Balaban J connectivity index is 2.12. The predicted molar refractivity (Wildman–Crippen MR) is 89.2 cm³/mol. The van der Waals surface area contributed by atoms with E-state index in [1.807, 2.05) is 6.07 Å². The highest BCUT2D eigenvalue weighted by molar-refractivity contribution is 7.90. The Kier molecular flexibility index (Phi) is 5.22. The second kappa shape index (κ2) is 6.97. The van der Waals surface area contributed by atoms with Crippen molar-refractivity contribution in [2.24, 2.45) is 0 Å². The van der Waals surface area contributed by atoms with Crippen LogP contribution in [0, 0.1) is 11.3 Å². The van der Waals surface area contributed by atoms with Crippen LogP contribution in [-0.2, 0) is 14.6 Å². The van der Waals surface area contributed by atoms with Crippen molar-refractivity contribution in [3.63, 3.8) is 0 Å². The fourth-order valence-electron chi connectivity index (χ4n) is 2.59. The third kappa shape index (κ3) is 5.22. The molecule has 0 heterocycles. The van der Waals surface area contributed by atoms with Gasteiger partial charge in [-0.15, -0.1) is 0 Å². The summed E-state index contributed by atoms with van der Waals surface area (Å²) in [6.45, 7) is 1.77. The van der Waals surface area contributed by atoms with Crippen molar-refractivity contribution in [3.8, 4) is 6.07 Å². The fourth-order valence-corrected chi connectivity index (χ4v) is 3.63. The summed E-state index contributed by atoms with van der Waals surface area (Å²) in [4.78, 5) is 14.1. The van der Waals surface area contributed by atoms with Crippen LogP contribution < -0.4 is 0 Å². The Morgan fingerprint density at radius 1 is 1.48 bits per heavy atom. The van der Waals surface area contributed by atoms with Crippen molar-refractivity contribution in [2.45, 2.75) is 31.8 Å². The van der Waals surface area contributed by atoms with Crippen molar-refractivity contribution >= 4 is 21.8 Å². The third-order valence-corrected chi connectivity index (χ3v) is 4.74. The molecule has 1 aromatic carbocycles. The average Bonchev–Trinajstić information content (AvgIpc) is 3.28. The summed E-state index contributed by atoms with van der Waals surface area (Å²) in [6.07, 6.45) is 6.12. The van der Waals surface area contributed by atoms with Gasteiger partial charge in [-0.2, -0.15) is 5.26 Å². The molecule has 6 heteroatoms. The van der Waals surface area contributed by atoms with E-state index in [-0.39, 0.29) is 23.7 Å². The minimum absolute atomic E-state index is 0.0347. The van der Waals surface area contributed by atoms with E-state index >= 15 is 0 Å². The summed E-state index contributed by atoms with van der Waals surface area (Å²) >= 11 is 0. The van der Waals surface area contributed by atoms with Gasteiger partial charge in [0.2, 0.25) is 5.91 Å². The van der Waals surface area contributed by atoms with E-state index in [0.717, 1.165) is 18.4 Å². The molecule has 0 N–H and O–H groups in total. The molecule has 0 saturated heterocycles. The molecule has 1 aromatic rings. The van der Waals surface area contributed by atoms with Gasteiger partial charge in [-0.25, -0.2) is 8.42 Å². The minimum Gasteiger partial charge on any atom is -0.332 e. The molecule has 23 heavy (non-hydrogen) atoms. The van der Waals surface area contributed by atoms with Crippen molar-refractivity contribution in [1.82, 2.24) is 4.90 Å². The molecule has 1 saturated carbocycles. The lowest BCUT2D eigenvalue weighted by Gasteiger charge is -2.27. The highest BCUT2D eigenvalue weighted by atomic mass is 32.2. The highest BCUT2D eigenvalue weighted by Gasteiger charge is 2.35. The zero-order valence-corrected chi connectivity index (χ0v) is 14.1. The Morgan fingerprint density at radius 3 is 2.74 bits per heavy atom. The largest absolute Gasteiger partial charge is 0.332 e. The molecule has 0 aliphatic heterocycles. The van der Waals surface area contributed by atoms with Crippen molar-refractivity contribution in [3.05, 3.63) is 41.5 Å². The smallest absolute Gasteiger partial charge is 0.247 e. The second-order valence-electron chi connectivity index (χ2n) is 5.99. The van der Waals surface area contributed by atoms with Gasteiger partial charge in [0.15, 0.2) is 0 Å². The molecule has 0 bridgehead atoms. The van der Waals surface area contributed by atoms with E-state index in [9.17, 15) is 13.2 Å². The van der Waals surface area contributed by atoms with Crippen LogP contribution in [0.4, 0.5) is 0 Å². The number of rotatable bonds is 6. The Hall–Kier alpha value is -2.13. The molecule has 0 spiro atoms. The van der Waals surface area contributed by atoms with E-state index in [0.29, 0.717) is 5.56 Å². The topological polar surface area (TPSA) is 78.2 Å². The summed E-state index contributed by atoms with van der Waals surface area (Å²) < 4.78 is 23.0. The van der Waals surface area contributed by atoms with Crippen LogP contribution in [0.15, 0.2) is 30.3 Å². The molecule has 1 fully saturated rings. The highest BCUT2D eigenvalue weighted by Crippen LogP contribution is 2.29. The normalized spacial score (nSPS) is 16.0. The molecule has 0 radical (unpaired) electrons. The van der Waals surface area contributed by atoms with Gasteiger partial charge in [-0.1, -0.05) is 12.1 Å². The molecular weight excluding hydrogens is 312 g/mol. The summed E-state index contributed by atoms with van der Waals surface area (Å²) in [5.41, 5.74) is 1.30. The zero-order valence-electron chi connectivity index (χ0n) is 13.3. The lowest BCUT2D eigenvalue weighted by atomic mass is 10.1. The van der Waals surface area contributed by atoms with Gasteiger partial charge in [0.25, 0.3) is 0 Å². The zero-order chi connectivity index (χ0) is 17.0. The quantitative estimate of drug-likeness (QED) is 0.746. The van der Waals surface area contributed by atoms with Gasteiger partial charge < -0.3 is 4.90 Å². The standard InChI is InChI=1S/C17H20N2O3S/c1-13(12-23(2,21)22)19(16-7-8-16)17(20)9-6-14-4-3-5-15(10-14)11-18/h3-6,9-10,13,16H,7-8,12H2,1-2H3/b9-6-/t13-/m1/s1. The van der Waals surface area contributed by atoms with Gasteiger partial charge in [-0.05, 0) is 43.5 Å². The van der Waals surface area contributed by atoms with E-state index in [2.05, 4.69) is 6.07 Å². The van der Waals surface area contributed by atoms with Crippen molar-refractivity contribution in [2.75, 3.05) is 12.0 Å². The van der Waals surface area contributed by atoms with E-state index in [1.165, 1.54) is 12.3 Å². The molecule has 5 nitrogen and oxygen atoms in total. The summed E-state index contributed by atoms with van der Waals surface area (Å²) in [6, 6.07) is 8.81. The number of carbonyl (C=O) groups excluding carboxylic acids is 1. The second-order valence-corrected chi connectivity index (χ2v) is 8.17. The van der Waals surface area contributed by atoms with Crippen molar-refractivity contribution < 1.29 is 13.2 Å². The van der Waals surface area contributed by atoms with E-state index < -0.39 is 9.84 Å². The first-order chi connectivity index (χ1) is 10.8. The maximum absolute atomic E-state index is 12.5. The maximum atomic E-state index is 12.5. The fraction of sp³-hybridized carbons (Fsp3) is 0.412. The number of nitriles is 1. The molecule has 1 aliphatic carbocycles. The molecule has 122 valence electrons. The number of sulfone groups is 1. The average molecular weight is 332 g/mol. The van der Waals surface area contributed by atoms with Crippen LogP contribution in [0.5, 0.6) is 0 Å². The van der Waals surface area contributed by atoms with Crippen LogP contribution in [-0.4, -0.2) is 43.3 Å². The molecule has 1 amide bonds. The molecule has 0 unspecified atom stereocenters. The van der Waals surface area contributed by atoms with Gasteiger partial charge in [0, 0.05) is 24.4 Å². The van der Waals surface area contributed by atoms with Crippen LogP contribution >= 0.6 is 0 Å². The van der Waals surface area contributed by atoms with Gasteiger partial charge in [0.05, 0.1) is 17.4 Å². The first-order valence-electron chi connectivity index (χ1n) is 7.48. The van der Waals surface area contributed by atoms with Gasteiger partial charge in [0.1, 0.15) is 9.84 Å². The summed E-state index contributed by atoms with van der Waals surface area (Å²) in [5.74, 6) is -0.224. The molecule has 1 atom stereocenters. The number of benzene rings is 1. The molecule has 1 aliphatic rings. The lowest BCUT2D eigenvalue weighted by Crippen LogP contribution is -2.43. The Morgan fingerprint density at radius 2 is 2.17 bits per heavy atom. The summed E-state index contributed by atoms with van der Waals surface area (Å²) in [7, 11) is -3.14. The number of hydrogen-bond donors (Lipinski definition) is 0. The van der Waals surface area contributed by atoms with Crippen LogP contribution in [0.2, 0.25) is 0 Å². The Bertz CT molecular complexity index is 758. The third-order valence-electron chi connectivity index (χ3n) is 3.65. The van der Waals surface area contributed by atoms with Crippen LogP contribution in [0.3, 0.4) is 0 Å². The first kappa shape index (κ1) is 17.2. The SMILES string of the molecule is C[C@H](CS(C)(=O)=O)N(C(=O)/C=C\c1cccc(C#N)c1)C1CC1. The lowest BCUT2D eigenvalue weighted by molar-refractivity contribution is -0.128. The first-order valence-corrected chi connectivity index (χ1v) is 9.54.